The molecule has 2 saturated heterocycles. The highest BCUT2D eigenvalue weighted by atomic mass is 16.5. The van der Waals surface area contributed by atoms with Crippen molar-refractivity contribution in [2.24, 2.45) is 5.41 Å². The van der Waals surface area contributed by atoms with E-state index in [1.165, 1.54) is 0 Å². The second-order valence-corrected chi connectivity index (χ2v) is 6.01. The van der Waals surface area contributed by atoms with E-state index in [2.05, 4.69) is 15.3 Å². The highest BCUT2D eigenvalue weighted by Crippen LogP contribution is 2.30. The van der Waals surface area contributed by atoms with Gasteiger partial charge in [-0.1, -0.05) is 0 Å². The van der Waals surface area contributed by atoms with Crippen LogP contribution in [0.3, 0.4) is 0 Å². The first-order valence-electron chi connectivity index (χ1n) is 7.63. The SMILES string of the molecule is OCC1(CNc2cc(C3CCOC3)ncn2)CCOCC1. The van der Waals surface area contributed by atoms with E-state index in [1.807, 2.05) is 6.07 Å². The van der Waals surface area contributed by atoms with Crippen LogP contribution >= 0.6 is 0 Å². The zero-order valence-electron chi connectivity index (χ0n) is 12.3. The number of aliphatic hydroxyl groups is 1. The van der Waals surface area contributed by atoms with Crippen LogP contribution in [0.5, 0.6) is 0 Å². The molecule has 6 nitrogen and oxygen atoms in total. The van der Waals surface area contributed by atoms with Crippen LogP contribution in [0.1, 0.15) is 30.9 Å². The summed E-state index contributed by atoms with van der Waals surface area (Å²) >= 11 is 0. The predicted molar refractivity (Wildman–Crippen MR) is 78.3 cm³/mol. The number of ether oxygens (including phenoxy) is 2. The fourth-order valence-electron chi connectivity index (χ4n) is 2.93. The highest BCUT2D eigenvalue weighted by molar-refractivity contribution is 5.36. The van der Waals surface area contributed by atoms with Gasteiger partial charge >= 0.3 is 0 Å². The van der Waals surface area contributed by atoms with Crippen LogP contribution in [0, 0.1) is 5.41 Å². The average molecular weight is 293 g/mol. The Balaban J connectivity index is 1.63. The van der Waals surface area contributed by atoms with Crippen LogP contribution in [0.4, 0.5) is 5.82 Å². The Labute approximate surface area is 124 Å². The van der Waals surface area contributed by atoms with E-state index in [1.54, 1.807) is 6.33 Å². The quantitative estimate of drug-likeness (QED) is 0.849. The normalized spacial score (nSPS) is 24.9. The molecule has 3 heterocycles. The molecule has 1 aromatic rings. The van der Waals surface area contributed by atoms with Gasteiger partial charge in [-0.05, 0) is 19.3 Å². The molecule has 1 aromatic heterocycles. The van der Waals surface area contributed by atoms with Crippen molar-refractivity contribution < 1.29 is 14.6 Å². The molecular weight excluding hydrogens is 270 g/mol. The van der Waals surface area contributed by atoms with Crippen molar-refractivity contribution in [1.29, 1.82) is 0 Å². The minimum Gasteiger partial charge on any atom is -0.396 e. The Morgan fingerprint density at radius 3 is 2.81 bits per heavy atom. The number of hydrogen-bond donors (Lipinski definition) is 2. The van der Waals surface area contributed by atoms with Gasteiger partial charge in [0.05, 0.1) is 18.9 Å². The number of aromatic nitrogens is 2. The molecule has 0 radical (unpaired) electrons. The van der Waals surface area contributed by atoms with E-state index in [4.69, 9.17) is 9.47 Å². The van der Waals surface area contributed by atoms with Gasteiger partial charge in [0.2, 0.25) is 0 Å². The Hall–Kier alpha value is -1.24. The number of aliphatic hydroxyl groups excluding tert-OH is 1. The van der Waals surface area contributed by atoms with Crippen molar-refractivity contribution in [1.82, 2.24) is 9.97 Å². The van der Waals surface area contributed by atoms with Crippen molar-refractivity contribution >= 4 is 5.82 Å². The molecule has 6 heteroatoms. The lowest BCUT2D eigenvalue weighted by atomic mass is 9.81. The molecule has 0 aromatic carbocycles. The molecule has 2 aliphatic heterocycles. The molecule has 2 N–H and O–H groups in total. The van der Waals surface area contributed by atoms with Gasteiger partial charge in [-0.15, -0.1) is 0 Å². The summed E-state index contributed by atoms with van der Waals surface area (Å²) < 4.78 is 10.8. The van der Waals surface area contributed by atoms with Crippen molar-refractivity contribution in [2.75, 3.05) is 44.9 Å². The third kappa shape index (κ3) is 3.51. The summed E-state index contributed by atoms with van der Waals surface area (Å²) in [6.07, 6.45) is 4.38. The Morgan fingerprint density at radius 2 is 2.10 bits per heavy atom. The lowest BCUT2D eigenvalue weighted by Gasteiger charge is -2.35. The molecule has 2 fully saturated rings. The highest BCUT2D eigenvalue weighted by Gasteiger charge is 2.32. The first-order chi connectivity index (χ1) is 10.3. The van der Waals surface area contributed by atoms with Crippen LogP contribution in [0.2, 0.25) is 0 Å². The van der Waals surface area contributed by atoms with Crippen molar-refractivity contribution in [3.05, 3.63) is 18.1 Å². The number of nitrogens with one attached hydrogen (secondary N) is 1. The molecule has 1 unspecified atom stereocenters. The second kappa shape index (κ2) is 6.68. The van der Waals surface area contributed by atoms with Gasteiger partial charge in [0.25, 0.3) is 0 Å². The van der Waals surface area contributed by atoms with Crippen molar-refractivity contribution in [3.8, 4) is 0 Å². The maximum absolute atomic E-state index is 9.70. The van der Waals surface area contributed by atoms with Gasteiger partial charge in [0.1, 0.15) is 12.1 Å². The topological polar surface area (TPSA) is 76.5 Å². The van der Waals surface area contributed by atoms with Gasteiger partial charge in [0.15, 0.2) is 0 Å². The van der Waals surface area contributed by atoms with Crippen LogP contribution < -0.4 is 5.32 Å². The largest absolute Gasteiger partial charge is 0.396 e. The van der Waals surface area contributed by atoms with Crippen LogP contribution in [0.15, 0.2) is 12.4 Å². The zero-order chi connectivity index (χ0) is 14.5. The van der Waals surface area contributed by atoms with Crippen molar-refractivity contribution in [2.45, 2.75) is 25.2 Å². The molecule has 0 bridgehead atoms. The van der Waals surface area contributed by atoms with E-state index in [9.17, 15) is 5.11 Å². The summed E-state index contributed by atoms with van der Waals surface area (Å²) in [5.74, 6) is 1.20. The van der Waals surface area contributed by atoms with Gasteiger partial charge in [-0.25, -0.2) is 9.97 Å². The third-order valence-corrected chi connectivity index (χ3v) is 4.57. The molecule has 0 aliphatic carbocycles. The molecule has 0 spiro atoms. The summed E-state index contributed by atoms with van der Waals surface area (Å²) in [6, 6.07) is 2.00. The minimum absolute atomic E-state index is 0.0974. The number of nitrogens with zero attached hydrogens (tertiary/aromatic N) is 2. The van der Waals surface area contributed by atoms with E-state index >= 15 is 0 Å². The smallest absolute Gasteiger partial charge is 0.129 e. The Bertz CT molecular complexity index is 457. The summed E-state index contributed by atoms with van der Waals surface area (Å²) in [6.45, 7) is 3.88. The fraction of sp³-hybridized carbons (Fsp3) is 0.733. The molecule has 3 rings (SSSR count). The first-order valence-corrected chi connectivity index (χ1v) is 7.63. The Kier molecular flexibility index (Phi) is 4.67. The molecular formula is C15H23N3O3. The lowest BCUT2D eigenvalue weighted by molar-refractivity contribution is -0.00862. The molecule has 1 atom stereocenters. The summed E-state index contributed by atoms with van der Waals surface area (Å²) in [5, 5.41) is 13.1. The number of anilines is 1. The number of hydrogen-bond acceptors (Lipinski definition) is 6. The minimum atomic E-state index is -0.0974. The molecule has 0 saturated carbocycles. The zero-order valence-corrected chi connectivity index (χ0v) is 12.3. The fourth-order valence-corrected chi connectivity index (χ4v) is 2.93. The Morgan fingerprint density at radius 1 is 1.24 bits per heavy atom. The van der Waals surface area contributed by atoms with Crippen LogP contribution in [0.25, 0.3) is 0 Å². The second-order valence-electron chi connectivity index (χ2n) is 6.01. The van der Waals surface area contributed by atoms with Gasteiger partial charge in [0, 0.05) is 43.8 Å². The summed E-state index contributed by atoms with van der Waals surface area (Å²) in [5.41, 5.74) is 0.940. The van der Waals surface area contributed by atoms with Crippen LogP contribution in [-0.2, 0) is 9.47 Å². The monoisotopic (exact) mass is 293 g/mol. The third-order valence-electron chi connectivity index (χ3n) is 4.57. The number of rotatable bonds is 5. The standard InChI is InChI=1S/C15H23N3O3/c19-10-15(2-5-20-6-3-15)9-16-14-7-13(17-11-18-14)12-1-4-21-8-12/h7,11-12,19H,1-6,8-10H2,(H,16,17,18). The van der Waals surface area contributed by atoms with Gasteiger partial charge in [-0.2, -0.15) is 0 Å². The maximum Gasteiger partial charge on any atom is 0.129 e. The van der Waals surface area contributed by atoms with Gasteiger partial charge < -0.3 is 19.9 Å². The van der Waals surface area contributed by atoms with E-state index in [-0.39, 0.29) is 12.0 Å². The van der Waals surface area contributed by atoms with Crippen LogP contribution in [-0.4, -0.2) is 54.7 Å². The summed E-state index contributed by atoms with van der Waals surface area (Å²) in [4.78, 5) is 8.64. The molecule has 2 aliphatic rings. The summed E-state index contributed by atoms with van der Waals surface area (Å²) in [7, 11) is 0. The first kappa shape index (κ1) is 14.7. The van der Waals surface area contributed by atoms with E-state index in [0.717, 1.165) is 57.2 Å². The van der Waals surface area contributed by atoms with E-state index in [0.29, 0.717) is 12.5 Å². The molecule has 0 amide bonds. The van der Waals surface area contributed by atoms with E-state index < -0.39 is 0 Å². The lowest BCUT2D eigenvalue weighted by Crippen LogP contribution is -2.39. The maximum atomic E-state index is 9.70. The molecule has 116 valence electrons. The predicted octanol–water partition coefficient (Wildman–Crippen LogP) is 1.18. The average Bonchev–Trinajstić information content (AvgIpc) is 3.09. The van der Waals surface area contributed by atoms with Gasteiger partial charge in [-0.3, -0.25) is 0 Å². The van der Waals surface area contributed by atoms with Crippen molar-refractivity contribution in [3.63, 3.8) is 0 Å². The molecule has 21 heavy (non-hydrogen) atoms.